The van der Waals surface area contributed by atoms with E-state index < -0.39 is 0 Å². The Morgan fingerprint density at radius 1 is 0.933 bits per heavy atom. The van der Waals surface area contributed by atoms with Crippen molar-refractivity contribution in [2.24, 2.45) is 0 Å². The highest BCUT2D eigenvalue weighted by Gasteiger charge is 2.14. The summed E-state index contributed by atoms with van der Waals surface area (Å²) in [5.74, 6) is 0.813. The summed E-state index contributed by atoms with van der Waals surface area (Å²) < 4.78 is 5.85. The van der Waals surface area contributed by atoms with Gasteiger partial charge < -0.3 is 15.0 Å². The van der Waals surface area contributed by atoms with Crippen LogP contribution in [0, 0.1) is 0 Å². The molecule has 156 valence electrons. The fourth-order valence-electron chi connectivity index (χ4n) is 2.99. The van der Waals surface area contributed by atoms with Crippen molar-refractivity contribution >= 4 is 23.3 Å². The molecule has 3 aromatic rings. The highest BCUT2D eigenvalue weighted by molar-refractivity contribution is 6.30. The summed E-state index contributed by atoms with van der Waals surface area (Å²) in [6.45, 7) is 3.89. The lowest BCUT2D eigenvalue weighted by atomic mass is 10.2. The molecule has 0 spiro atoms. The summed E-state index contributed by atoms with van der Waals surface area (Å²) in [6.07, 6.45) is 1.98. The molecule has 2 amide bonds. The van der Waals surface area contributed by atoms with Crippen LogP contribution in [0.15, 0.2) is 78.9 Å². The van der Waals surface area contributed by atoms with Gasteiger partial charge in [-0.05, 0) is 53.9 Å². The van der Waals surface area contributed by atoms with Crippen molar-refractivity contribution in [2.75, 3.05) is 11.9 Å². The highest BCUT2D eigenvalue weighted by Crippen LogP contribution is 2.18. The molecule has 0 radical (unpaired) electrons. The third-order valence-corrected chi connectivity index (χ3v) is 4.96. The number of hydrogen-bond acceptors (Lipinski definition) is 2. The van der Waals surface area contributed by atoms with Crippen molar-refractivity contribution < 1.29 is 9.53 Å². The minimum Gasteiger partial charge on any atom is -0.489 e. The molecule has 1 N–H and O–H groups in total. The van der Waals surface area contributed by atoms with Crippen LogP contribution >= 0.6 is 11.6 Å². The number of nitrogens with zero attached hydrogens (tertiary/aromatic N) is 1. The Morgan fingerprint density at radius 2 is 1.63 bits per heavy atom. The smallest absolute Gasteiger partial charge is 0.322 e. The molecule has 0 unspecified atom stereocenters. The molecule has 5 heteroatoms. The average molecular weight is 423 g/mol. The quantitative estimate of drug-likeness (QED) is 0.414. The zero-order chi connectivity index (χ0) is 21.2. The molecular weight excluding hydrogens is 396 g/mol. The van der Waals surface area contributed by atoms with Crippen molar-refractivity contribution in [1.29, 1.82) is 0 Å². The number of halogens is 1. The van der Waals surface area contributed by atoms with Crippen molar-refractivity contribution in [3.05, 3.63) is 95.0 Å². The second kappa shape index (κ2) is 11.3. The van der Waals surface area contributed by atoms with Crippen LogP contribution in [0.3, 0.4) is 0 Å². The maximum absolute atomic E-state index is 12.8. The lowest BCUT2D eigenvalue weighted by Crippen LogP contribution is -2.35. The molecule has 0 atom stereocenters. The average Bonchev–Trinajstić information content (AvgIpc) is 2.78. The standard InChI is InChI=1S/C25H27ClN2O2/c1-2-3-17-28(25(29)27-23-13-11-22(26)12-14-23)18-20-9-15-24(16-10-20)30-19-21-7-5-4-6-8-21/h4-16H,2-3,17-19H2,1H3,(H,27,29). The molecule has 0 aliphatic heterocycles. The summed E-state index contributed by atoms with van der Waals surface area (Å²) >= 11 is 5.92. The fourth-order valence-corrected chi connectivity index (χ4v) is 3.12. The summed E-state index contributed by atoms with van der Waals surface area (Å²) in [6, 6.07) is 25.0. The van der Waals surface area contributed by atoms with Crippen LogP contribution in [0.4, 0.5) is 10.5 Å². The monoisotopic (exact) mass is 422 g/mol. The van der Waals surface area contributed by atoms with Crippen molar-refractivity contribution in [1.82, 2.24) is 4.90 Å². The molecule has 3 aromatic carbocycles. The number of hydrogen-bond donors (Lipinski definition) is 1. The molecule has 0 saturated heterocycles. The van der Waals surface area contributed by atoms with Gasteiger partial charge in [0, 0.05) is 23.8 Å². The predicted octanol–water partition coefficient (Wildman–Crippen LogP) is 6.75. The Morgan fingerprint density at radius 3 is 2.30 bits per heavy atom. The minimum absolute atomic E-state index is 0.116. The van der Waals surface area contributed by atoms with Gasteiger partial charge in [0.25, 0.3) is 0 Å². The van der Waals surface area contributed by atoms with Gasteiger partial charge in [-0.15, -0.1) is 0 Å². The van der Waals surface area contributed by atoms with E-state index in [1.165, 1.54) is 0 Å². The van der Waals surface area contributed by atoms with E-state index in [2.05, 4.69) is 12.2 Å². The molecule has 0 bridgehead atoms. The second-order valence-corrected chi connectivity index (χ2v) is 7.57. The lowest BCUT2D eigenvalue weighted by Gasteiger charge is -2.23. The van der Waals surface area contributed by atoms with Crippen molar-refractivity contribution in [3.63, 3.8) is 0 Å². The Kier molecular flexibility index (Phi) is 8.16. The first-order valence-electron chi connectivity index (χ1n) is 10.2. The van der Waals surface area contributed by atoms with E-state index in [1.807, 2.05) is 59.5 Å². The van der Waals surface area contributed by atoms with E-state index >= 15 is 0 Å². The van der Waals surface area contributed by atoms with Gasteiger partial charge in [0.15, 0.2) is 0 Å². The van der Waals surface area contributed by atoms with Crippen LogP contribution in [0.25, 0.3) is 0 Å². The molecule has 0 saturated carbocycles. The SMILES string of the molecule is CCCCN(Cc1ccc(OCc2ccccc2)cc1)C(=O)Nc1ccc(Cl)cc1. The van der Waals surface area contributed by atoms with Gasteiger partial charge in [-0.2, -0.15) is 0 Å². The van der Waals surface area contributed by atoms with Gasteiger partial charge in [0.2, 0.25) is 0 Å². The van der Waals surface area contributed by atoms with Crippen molar-refractivity contribution in [2.45, 2.75) is 32.9 Å². The number of nitrogens with one attached hydrogen (secondary N) is 1. The normalized spacial score (nSPS) is 10.5. The number of anilines is 1. The highest BCUT2D eigenvalue weighted by atomic mass is 35.5. The number of unbranched alkanes of at least 4 members (excludes halogenated alkanes) is 1. The number of urea groups is 1. The first-order chi connectivity index (χ1) is 14.6. The Bertz CT molecular complexity index is 912. The number of carbonyl (C=O) groups is 1. The summed E-state index contributed by atoms with van der Waals surface area (Å²) in [7, 11) is 0. The minimum atomic E-state index is -0.116. The van der Waals surface area contributed by atoms with E-state index in [1.54, 1.807) is 24.3 Å². The van der Waals surface area contributed by atoms with E-state index in [0.717, 1.165) is 35.4 Å². The maximum atomic E-state index is 12.8. The number of ether oxygens (including phenoxy) is 1. The van der Waals surface area contributed by atoms with Crippen LogP contribution in [0.5, 0.6) is 5.75 Å². The van der Waals surface area contributed by atoms with Gasteiger partial charge in [0.1, 0.15) is 12.4 Å². The van der Waals surface area contributed by atoms with Gasteiger partial charge >= 0.3 is 6.03 Å². The summed E-state index contributed by atoms with van der Waals surface area (Å²) in [4.78, 5) is 14.6. The van der Waals surface area contributed by atoms with E-state index in [9.17, 15) is 4.79 Å². The van der Waals surface area contributed by atoms with E-state index in [4.69, 9.17) is 16.3 Å². The topological polar surface area (TPSA) is 41.6 Å². The molecule has 0 aliphatic carbocycles. The van der Waals surface area contributed by atoms with Crippen LogP contribution in [0.1, 0.15) is 30.9 Å². The Balaban J connectivity index is 1.59. The molecule has 0 aromatic heterocycles. The van der Waals surface area contributed by atoms with Gasteiger partial charge in [-0.25, -0.2) is 4.79 Å². The van der Waals surface area contributed by atoms with Crippen molar-refractivity contribution in [3.8, 4) is 5.75 Å². The molecule has 4 nitrogen and oxygen atoms in total. The van der Waals surface area contributed by atoms with Gasteiger partial charge in [0.05, 0.1) is 0 Å². The van der Waals surface area contributed by atoms with E-state index in [0.29, 0.717) is 24.7 Å². The molecule has 0 aliphatic rings. The first-order valence-corrected chi connectivity index (χ1v) is 10.6. The predicted molar refractivity (Wildman–Crippen MR) is 123 cm³/mol. The first kappa shape index (κ1) is 21.7. The Hall–Kier alpha value is -2.98. The molecule has 0 fully saturated rings. The Labute approximate surface area is 183 Å². The number of amides is 2. The van der Waals surface area contributed by atoms with Gasteiger partial charge in [-0.3, -0.25) is 0 Å². The van der Waals surface area contributed by atoms with E-state index in [-0.39, 0.29) is 6.03 Å². The van der Waals surface area contributed by atoms with Crippen LogP contribution in [0.2, 0.25) is 5.02 Å². The molecule has 30 heavy (non-hydrogen) atoms. The zero-order valence-corrected chi connectivity index (χ0v) is 17.9. The largest absolute Gasteiger partial charge is 0.489 e. The molecule has 3 rings (SSSR count). The summed E-state index contributed by atoms with van der Waals surface area (Å²) in [5.41, 5.74) is 2.92. The molecular formula is C25H27ClN2O2. The number of carbonyl (C=O) groups excluding carboxylic acids is 1. The van der Waals surface area contributed by atoms with Crippen LogP contribution in [-0.2, 0) is 13.2 Å². The summed E-state index contributed by atoms with van der Waals surface area (Å²) in [5, 5.41) is 3.60. The second-order valence-electron chi connectivity index (χ2n) is 7.13. The maximum Gasteiger partial charge on any atom is 0.322 e. The molecule has 0 heterocycles. The van der Waals surface area contributed by atoms with Gasteiger partial charge in [-0.1, -0.05) is 67.4 Å². The third kappa shape index (κ3) is 6.82. The van der Waals surface area contributed by atoms with Crippen LogP contribution in [-0.4, -0.2) is 17.5 Å². The lowest BCUT2D eigenvalue weighted by molar-refractivity contribution is 0.208. The number of benzene rings is 3. The number of rotatable bonds is 9. The fraction of sp³-hybridized carbons (Fsp3) is 0.240. The third-order valence-electron chi connectivity index (χ3n) is 4.71. The zero-order valence-electron chi connectivity index (χ0n) is 17.2. The van der Waals surface area contributed by atoms with Crippen LogP contribution < -0.4 is 10.1 Å².